The molecular weight excluding hydrogens is 408 g/mol. The van der Waals surface area contributed by atoms with Gasteiger partial charge in [-0.1, -0.05) is 5.21 Å². The lowest BCUT2D eigenvalue weighted by molar-refractivity contribution is 0.0601. The normalized spacial score (nSPS) is 10.7. The van der Waals surface area contributed by atoms with Gasteiger partial charge < -0.3 is 19.5 Å². The monoisotopic (exact) mass is 430 g/mol. The molecule has 0 bridgehead atoms. The zero-order valence-corrected chi connectivity index (χ0v) is 18.1. The minimum Gasteiger partial charge on any atom is -0.497 e. The van der Waals surface area contributed by atoms with E-state index in [-0.39, 0.29) is 12.3 Å². The average Bonchev–Trinajstić information content (AvgIpc) is 3.28. The van der Waals surface area contributed by atoms with Crippen LogP contribution in [0.15, 0.2) is 24.3 Å². The van der Waals surface area contributed by atoms with Gasteiger partial charge in [0, 0.05) is 12.0 Å². The standard InChI is InChI=1S/C20H22N4O5S/c1-11-12(2)30-19(16(11)20(26)29-5)21-18(25)17-15(10-27-3)24(23-22-17)13-6-8-14(28-4)9-7-13/h6-9H,10H2,1-5H3,(H,21,25). The number of nitrogens with one attached hydrogen (secondary N) is 1. The fraction of sp³-hybridized carbons (Fsp3) is 0.300. The van der Waals surface area contributed by atoms with Gasteiger partial charge in [-0.05, 0) is 43.7 Å². The molecule has 0 saturated carbocycles. The highest BCUT2D eigenvalue weighted by Crippen LogP contribution is 2.33. The number of rotatable bonds is 7. The summed E-state index contributed by atoms with van der Waals surface area (Å²) < 4.78 is 16.8. The molecule has 0 radical (unpaired) electrons. The van der Waals surface area contributed by atoms with Crippen LogP contribution in [0.1, 0.15) is 37.0 Å². The van der Waals surface area contributed by atoms with Crippen LogP contribution in [0.4, 0.5) is 5.00 Å². The molecule has 10 heteroatoms. The van der Waals surface area contributed by atoms with Crippen molar-refractivity contribution in [2.45, 2.75) is 20.5 Å². The molecule has 30 heavy (non-hydrogen) atoms. The van der Waals surface area contributed by atoms with Crippen LogP contribution in [0, 0.1) is 13.8 Å². The lowest BCUT2D eigenvalue weighted by atomic mass is 10.1. The second-order valence-electron chi connectivity index (χ2n) is 6.36. The topological polar surface area (TPSA) is 105 Å². The summed E-state index contributed by atoms with van der Waals surface area (Å²) >= 11 is 1.30. The van der Waals surface area contributed by atoms with Crippen LogP contribution in [0.2, 0.25) is 0 Å². The van der Waals surface area contributed by atoms with E-state index in [0.29, 0.717) is 27.7 Å². The predicted octanol–water partition coefficient (Wildman–Crippen LogP) is 3.14. The van der Waals surface area contributed by atoms with Gasteiger partial charge in [0.25, 0.3) is 5.91 Å². The lowest BCUT2D eigenvalue weighted by Gasteiger charge is -2.09. The largest absolute Gasteiger partial charge is 0.497 e. The number of hydrogen-bond acceptors (Lipinski definition) is 8. The van der Waals surface area contributed by atoms with Crippen molar-refractivity contribution in [3.05, 3.63) is 51.7 Å². The van der Waals surface area contributed by atoms with Gasteiger partial charge in [-0.3, -0.25) is 4.79 Å². The third kappa shape index (κ3) is 4.05. The van der Waals surface area contributed by atoms with Crippen molar-refractivity contribution in [1.29, 1.82) is 0 Å². The Morgan fingerprint density at radius 1 is 1.13 bits per heavy atom. The van der Waals surface area contributed by atoms with E-state index < -0.39 is 11.9 Å². The van der Waals surface area contributed by atoms with Crippen LogP contribution in [0.5, 0.6) is 5.75 Å². The molecule has 0 fully saturated rings. The molecule has 0 aliphatic carbocycles. The second-order valence-corrected chi connectivity index (χ2v) is 7.59. The first kappa shape index (κ1) is 21.5. The molecule has 1 amide bonds. The Balaban J connectivity index is 1.96. The highest BCUT2D eigenvalue weighted by atomic mass is 32.1. The van der Waals surface area contributed by atoms with Crippen molar-refractivity contribution < 1.29 is 23.8 Å². The second kappa shape index (κ2) is 9.06. The average molecular weight is 430 g/mol. The third-order valence-corrected chi connectivity index (χ3v) is 5.70. The molecule has 1 N–H and O–H groups in total. The minimum atomic E-state index is -0.508. The first-order valence-corrected chi connectivity index (χ1v) is 9.80. The van der Waals surface area contributed by atoms with Crippen LogP contribution >= 0.6 is 11.3 Å². The minimum absolute atomic E-state index is 0.104. The maximum Gasteiger partial charge on any atom is 0.341 e. The summed E-state index contributed by atoms with van der Waals surface area (Å²) in [5, 5.41) is 11.3. The van der Waals surface area contributed by atoms with E-state index in [2.05, 4.69) is 15.6 Å². The first-order valence-electron chi connectivity index (χ1n) is 8.98. The maximum absolute atomic E-state index is 13.0. The number of hydrogen-bond donors (Lipinski definition) is 1. The molecule has 0 aliphatic heterocycles. The van der Waals surface area contributed by atoms with Gasteiger partial charge in [-0.2, -0.15) is 0 Å². The molecule has 0 aliphatic rings. The SMILES string of the molecule is COCc1c(C(=O)Nc2sc(C)c(C)c2C(=O)OC)nnn1-c1ccc(OC)cc1. The zero-order valence-electron chi connectivity index (χ0n) is 17.3. The number of thiophene rings is 1. The molecular formula is C20H22N4O5S. The van der Waals surface area contributed by atoms with Crippen molar-refractivity contribution in [1.82, 2.24) is 15.0 Å². The number of aryl methyl sites for hydroxylation is 1. The zero-order chi connectivity index (χ0) is 21.8. The summed E-state index contributed by atoms with van der Waals surface area (Å²) in [4.78, 5) is 26.1. The van der Waals surface area contributed by atoms with Gasteiger partial charge in [0.05, 0.1) is 32.1 Å². The summed E-state index contributed by atoms with van der Waals surface area (Å²) in [6.07, 6.45) is 0. The molecule has 9 nitrogen and oxygen atoms in total. The molecule has 0 atom stereocenters. The molecule has 158 valence electrons. The van der Waals surface area contributed by atoms with Gasteiger partial charge in [-0.15, -0.1) is 16.4 Å². The van der Waals surface area contributed by atoms with Gasteiger partial charge in [0.15, 0.2) is 5.69 Å². The summed E-state index contributed by atoms with van der Waals surface area (Å²) in [7, 11) is 4.41. The number of carbonyl (C=O) groups excluding carboxylic acids is 2. The molecule has 0 unspecified atom stereocenters. The number of anilines is 1. The summed E-state index contributed by atoms with van der Waals surface area (Å²) in [5.41, 5.74) is 2.38. The van der Waals surface area contributed by atoms with Crippen molar-refractivity contribution in [2.24, 2.45) is 0 Å². The number of benzene rings is 1. The van der Waals surface area contributed by atoms with E-state index in [1.54, 1.807) is 31.4 Å². The number of ether oxygens (including phenoxy) is 3. The van der Waals surface area contributed by atoms with E-state index in [9.17, 15) is 9.59 Å². The van der Waals surface area contributed by atoms with Gasteiger partial charge >= 0.3 is 5.97 Å². The third-order valence-electron chi connectivity index (χ3n) is 4.58. The predicted molar refractivity (Wildman–Crippen MR) is 112 cm³/mol. The number of methoxy groups -OCH3 is 3. The molecule has 3 rings (SSSR count). The number of esters is 1. The van der Waals surface area contributed by atoms with E-state index in [0.717, 1.165) is 10.4 Å². The number of nitrogens with zero attached hydrogens (tertiary/aromatic N) is 3. The fourth-order valence-electron chi connectivity index (χ4n) is 2.90. The Bertz CT molecular complexity index is 1070. The number of amides is 1. The Morgan fingerprint density at radius 2 is 1.83 bits per heavy atom. The van der Waals surface area contributed by atoms with E-state index >= 15 is 0 Å². The highest BCUT2D eigenvalue weighted by Gasteiger charge is 2.25. The van der Waals surface area contributed by atoms with Gasteiger partial charge in [-0.25, -0.2) is 9.48 Å². The molecule has 2 aromatic heterocycles. The maximum atomic E-state index is 13.0. The van der Waals surface area contributed by atoms with E-state index in [1.807, 2.05) is 13.8 Å². The van der Waals surface area contributed by atoms with Crippen molar-refractivity contribution in [3.8, 4) is 11.4 Å². The van der Waals surface area contributed by atoms with Crippen LogP contribution in [-0.4, -0.2) is 48.2 Å². The Morgan fingerprint density at radius 3 is 2.43 bits per heavy atom. The molecule has 0 saturated heterocycles. The Hall–Kier alpha value is -3.24. The lowest BCUT2D eigenvalue weighted by Crippen LogP contribution is -2.17. The molecule has 3 aromatic rings. The Kier molecular flexibility index (Phi) is 6.48. The van der Waals surface area contributed by atoms with Crippen LogP contribution in [-0.2, 0) is 16.1 Å². The van der Waals surface area contributed by atoms with Gasteiger partial charge in [0.2, 0.25) is 0 Å². The summed E-state index contributed by atoms with van der Waals surface area (Å²) in [6, 6.07) is 7.17. The van der Waals surface area contributed by atoms with Gasteiger partial charge in [0.1, 0.15) is 16.4 Å². The highest BCUT2D eigenvalue weighted by molar-refractivity contribution is 7.16. The van der Waals surface area contributed by atoms with Crippen LogP contribution in [0.25, 0.3) is 5.69 Å². The van der Waals surface area contributed by atoms with E-state index in [1.165, 1.54) is 30.2 Å². The smallest absolute Gasteiger partial charge is 0.341 e. The Labute approximate surface area is 177 Å². The molecule has 2 heterocycles. The van der Waals surface area contributed by atoms with Crippen molar-refractivity contribution >= 4 is 28.2 Å². The van der Waals surface area contributed by atoms with Crippen molar-refractivity contribution in [3.63, 3.8) is 0 Å². The fourth-order valence-corrected chi connectivity index (χ4v) is 3.94. The molecule has 1 aromatic carbocycles. The van der Waals surface area contributed by atoms with E-state index in [4.69, 9.17) is 14.2 Å². The number of carbonyl (C=O) groups is 2. The quantitative estimate of drug-likeness (QED) is 0.574. The summed E-state index contributed by atoms with van der Waals surface area (Å²) in [6.45, 7) is 3.80. The molecule has 0 spiro atoms. The van der Waals surface area contributed by atoms with Crippen LogP contribution < -0.4 is 10.1 Å². The summed E-state index contributed by atoms with van der Waals surface area (Å²) in [5.74, 6) is -0.303. The number of aromatic nitrogens is 3. The van der Waals surface area contributed by atoms with Crippen molar-refractivity contribution in [2.75, 3.05) is 26.6 Å². The first-order chi connectivity index (χ1) is 14.4. The van der Waals surface area contributed by atoms with Crippen LogP contribution in [0.3, 0.4) is 0 Å².